The van der Waals surface area contributed by atoms with Crippen molar-refractivity contribution in [3.8, 4) is 0 Å². The van der Waals surface area contributed by atoms with Crippen LogP contribution >= 0.6 is 27.6 Å². The summed E-state index contributed by atoms with van der Waals surface area (Å²) in [7, 11) is 0. The first-order valence-corrected chi connectivity index (χ1v) is 4.72. The first-order valence-electron chi connectivity index (χ1n) is 0.610. The Kier molecular flexibility index (Phi) is 2.46. The second-order valence-electron chi connectivity index (χ2n) is 0.272. The number of hydrogen-bond donors (Lipinski definition) is 1. The summed E-state index contributed by atoms with van der Waals surface area (Å²) in [6.07, 6.45) is 0. The molecule has 0 aliphatic rings. The Hall–Kier alpha value is 0.790. The highest BCUT2D eigenvalue weighted by Gasteiger charge is 1.89. The number of halogens is 1. The molecular weight excluding hydrogens is 188 g/mol. The van der Waals surface area contributed by atoms with Crippen LogP contribution in [-0.2, 0) is 4.57 Å². The summed E-state index contributed by atoms with van der Waals surface area (Å²) >= 11 is 1.63. The Morgan fingerprint density at radius 1 is 2.00 bits per heavy atom. The highest BCUT2D eigenvalue weighted by molar-refractivity contribution is 14.2. The minimum absolute atomic E-state index is 1.40. The zero-order valence-electron chi connectivity index (χ0n) is 1.81. The SMILES string of the molecule is N[P+](=O)I. The van der Waals surface area contributed by atoms with Crippen LogP contribution < -0.4 is 5.50 Å². The molecule has 0 fully saturated rings. The largest absolute Gasteiger partial charge is 0.496 e. The van der Waals surface area contributed by atoms with E-state index in [0.717, 1.165) is 0 Å². The zero-order valence-corrected chi connectivity index (χ0v) is 4.86. The third kappa shape index (κ3) is 14.3. The summed E-state index contributed by atoms with van der Waals surface area (Å²) in [6, 6.07) is 0. The highest BCUT2D eigenvalue weighted by Crippen LogP contribution is 2.17. The van der Waals surface area contributed by atoms with Crippen LogP contribution in [0.25, 0.3) is 0 Å². The van der Waals surface area contributed by atoms with E-state index < -0.39 is 5.59 Å². The Labute approximate surface area is 38.1 Å². The van der Waals surface area contributed by atoms with Crippen LogP contribution in [0.5, 0.6) is 0 Å². The molecule has 0 aromatic heterocycles. The van der Waals surface area contributed by atoms with E-state index in [2.05, 4.69) is 5.50 Å². The van der Waals surface area contributed by atoms with Crippen molar-refractivity contribution in [2.75, 3.05) is 0 Å². The summed E-state index contributed by atoms with van der Waals surface area (Å²) in [5.41, 5.74) is 3.21. The minimum atomic E-state index is -1.40. The normalized spacial score (nSPS) is 11.0. The summed E-state index contributed by atoms with van der Waals surface area (Å²) < 4.78 is 9.36. The lowest BCUT2D eigenvalue weighted by Crippen LogP contribution is -1.60. The molecule has 0 spiro atoms. The van der Waals surface area contributed by atoms with Crippen molar-refractivity contribution in [2.45, 2.75) is 0 Å². The first kappa shape index (κ1) is 4.79. The molecule has 0 aromatic carbocycles. The number of rotatable bonds is 0. The third-order valence-corrected chi connectivity index (χ3v) is 0. The molecule has 0 aromatic rings. The molecule has 4 heavy (non-hydrogen) atoms. The maximum atomic E-state index is 9.36. The average molecular weight is 190 g/mol. The van der Waals surface area contributed by atoms with Gasteiger partial charge in [-0.1, -0.05) is 0 Å². The van der Waals surface area contributed by atoms with Crippen LogP contribution in [-0.4, -0.2) is 0 Å². The average Bonchev–Trinajstić information content (AvgIpc) is 0.811. The molecule has 0 bridgehead atoms. The molecule has 0 radical (unpaired) electrons. The Morgan fingerprint density at radius 2 is 2.00 bits per heavy atom. The van der Waals surface area contributed by atoms with E-state index in [1.807, 2.05) is 0 Å². The standard InChI is InChI=1S/H2INOP/c1-4(2)3/h(H2,2,3)/q+1. The maximum absolute atomic E-state index is 9.36. The van der Waals surface area contributed by atoms with Gasteiger partial charge >= 0.3 is 27.6 Å². The quantitative estimate of drug-likeness (QED) is 0.457. The van der Waals surface area contributed by atoms with Gasteiger partial charge in [0.2, 0.25) is 0 Å². The molecule has 24 valence electrons. The topological polar surface area (TPSA) is 43.1 Å². The lowest BCUT2D eigenvalue weighted by molar-refractivity contribution is 0.598. The monoisotopic (exact) mass is 190 g/mol. The van der Waals surface area contributed by atoms with Crippen molar-refractivity contribution in [3.63, 3.8) is 0 Å². The van der Waals surface area contributed by atoms with Crippen molar-refractivity contribution < 1.29 is 4.57 Å². The van der Waals surface area contributed by atoms with Gasteiger partial charge in [0, 0.05) is 0 Å². The van der Waals surface area contributed by atoms with E-state index in [9.17, 15) is 4.57 Å². The fourth-order valence-corrected chi connectivity index (χ4v) is 0. The van der Waals surface area contributed by atoms with Crippen LogP contribution in [0, 0.1) is 0 Å². The third-order valence-electron chi connectivity index (χ3n) is 0. The predicted molar refractivity (Wildman–Crippen MR) is 25.8 cm³/mol. The molecule has 2 nitrogen and oxygen atoms in total. The summed E-state index contributed by atoms with van der Waals surface area (Å²) in [5, 5.41) is 0. The minimum Gasteiger partial charge on any atom is -0.114 e. The first-order chi connectivity index (χ1) is 1.73. The summed E-state index contributed by atoms with van der Waals surface area (Å²) in [4.78, 5) is 0. The van der Waals surface area contributed by atoms with Gasteiger partial charge in [-0.25, -0.2) is 0 Å². The van der Waals surface area contributed by atoms with E-state index in [0.29, 0.717) is 0 Å². The molecule has 0 aliphatic heterocycles. The Bertz CT molecular complexity index is 31.0. The lowest BCUT2D eigenvalue weighted by Gasteiger charge is -1.33. The van der Waals surface area contributed by atoms with Gasteiger partial charge in [0.05, 0.1) is 0 Å². The van der Waals surface area contributed by atoms with Crippen molar-refractivity contribution in [3.05, 3.63) is 0 Å². The predicted octanol–water partition coefficient (Wildman–Crippen LogP) is 1.04. The fourth-order valence-electron chi connectivity index (χ4n) is 0. The molecule has 1 atom stereocenters. The van der Waals surface area contributed by atoms with Crippen molar-refractivity contribution >= 4 is 27.6 Å². The van der Waals surface area contributed by atoms with E-state index in [1.165, 1.54) is 0 Å². The van der Waals surface area contributed by atoms with Crippen LogP contribution in [0.3, 0.4) is 0 Å². The van der Waals surface area contributed by atoms with Gasteiger partial charge in [-0.15, -0.1) is 5.50 Å². The van der Waals surface area contributed by atoms with Gasteiger partial charge in [-0.3, -0.25) is 0 Å². The lowest BCUT2D eigenvalue weighted by atomic mass is 13.9. The van der Waals surface area contributed by atoms with Crippen molar-refractivity contribution in [1.82, 2.24) is 0 Å². The number of hydrogen-bond acceptors (Lipinski definition) is 1. The van der Waals surface area contributed by atoms with Gasteiger partial charge in [0.25, 0.3) is 0 Å². The smallest absolute Gasteiger partial charge is 0.114 e. The molecule has 1 unspecified atom stereocenters. The van der Waals surface area contributed by atoms with Crippen LogP contribution in [0.15, 0.2) is 0 Å². The van der Waals surface area contributed by atoms with Crippen molar-refractivity contribution in [2.24, 2.45) is 5.50 Å². The van der Waals surface area contributed by atoms with Gasteiger partial charge < -0.3 is 0 Å². The second-order valence-corrected chi connectivity index (χ2v) is 3.67. The van der Waals surface area contributed by atoms with Gasteiger partial charge in [-0.2, -0.15) is 0 Å². The molecule has 0 aliphatic carbocycles. The van der Waals surface area contributed by atoms with E-state index >= 15 is 0 Å². The van der Waals surface area contributed by atoms with E-state index in [-0.39, 0.29) is 0 Å². The van der Waals surface area contributed by atoms with Crippen LogP contribution in [0.1, 0.15) is 0 Å². The zero-order chi connectivity index (χ0) is 3.58. The molecule has 0 amide bonds. The molecule has 0 rings (SSSR count). The van der Waals surface area contributed by atoms with Crippen molar-refractivity contribution in [1.29, 1.82) is 0 Å². The molecule has 0 heterocycles. The fraction of sp³-hybridized carbons (Fsp3) is 0. The van der Waals surface area contributed by atoms with E-state index in [1.54, 1.807) is 22.0 Å². The molecule has 2 N–H and O–H groups in total. The van der Waals surface area contributed by atoms with Crippen LogP contribution in [0.4, 0.5) is 0 Å². The van der Waals surface area contributed by atoms with Gasteiger partial charge in [0.15, 0.2) is 0 Å². The molecule has 4 heteroatoms. The summed E-state index contributed by atoms with van der Waals surface area (Å²) in [5.74, 6) is 0. The van der Waals surface area contributed by atoms with E-state index in [4.69, 9.17) is 0 Å². The maximum Gasteiger partial charge on any atom is 0.496 e. The highest BCUT2D eigenvalue weighted by atomic mass is 127. The molecular formula is H2INOP+. The van der Waals surface area contributed by atoms with Gasteiger partial charge in [-0.05, 0) is 4.57 Å². The van der Waals surface area contributed by atoms with Crippen LogP contribution in [0.2, 0.25) is 0 Å². The Balaban J connectivity index is 2.80. The number of nitrogens with two attached hydrogens (primary N) is 1. The Morgan fingerprint density at radius 3 is 2.00 bits per heavy atom. The van der Waals surface area contributed by atoms with Gasteiger partial charge in [0.1, 0.15) is 0 Å². The molecule has 0 saturated heterocycles. The molecule has 0 saturated carbocycles. The second kappa shape index (κ2) is 2.05. The summed E-state index contributed by atoms with van der Waals surface area (Å²) in [6.45, 7) is 0.